The number of benzene rings is 1. The first-order valence-corrected chi connectivity index (χ1v) is 3.66. The monoisotopic (exact) mass is 194 g/mol. The lowest BCUT2D eigenvalue weighted by Gasteiger charge is -1.92. The fraction of sp³-hybridized carbons (Fsp3) is 0. The average molecular weight is 194 g/mol. The Kier molecular flexibility index (Phi) is 2.90. The highest BCUT2D eigenvalue weighted by atomic mass is 16.6. The van der Waals surface area contributed by atoms with E-state index < -0.39 is 9.85 Å². The summed E-state index contributed by atoms with van der Waals surface area (Å²) in [6, 6.07) is 5.61. The summed E-state index contributed by atoms with van der Waals surface area (Å²) in [4.78, 5) is 19.1. The van der Waals surface area contributed by atoms with E-state index in [4.69, 9.17) is 0 Å². The van der Waals surface area contributed by atoms with Crippen LogP contribution < -0.4 is 0 Å². The lowest BCUT2D eigenvalue weighted by molar-refractivity contribution is -0.400. The molecule has 0 bridgehead atoms. The van der Waals surface area contributed by atoms with Gasteiger partial charge in [0, 0.05) is 18.2 Å². The molecule has 1 rings (SSSR count). The third kappa shape index (κ3) is 2.67. The molecule has 0 fully saturated rings. The highest BCUT2D eigenvalue weighted by Gasteiger charge is 2.03. The quantitative estimate of drug-likeness (QED) is 0.542. The van der Waals surface area contributed by atoms with Crippen LogP contribution in [0.3, 0.4) is 0 Å². The largest absolute Gasteiger partial charge is 0.270 e. The van der Waals surface area contributed by atoms with Crippen LogP contribution in [-0.2, 0) is 0 Å². The Hall–Kier alpha value is -2.24. The van der Waals surface area contributed by atoms with Crippen molar-refractivity contribution in [3.63, 3.8) is 0 Å². The van der Waals surface area contributed by atoms with Crippen LogP contribution in [0.15, 0.2) is 30.5 Å². The van der Waals surface area contributed by atoms with Gasteiger partial charge in [0.1, 0.15) is 0 Å². The summed E-state index contributed by atoms with van der Waals surface area (Å²) in [6.45, 7) is 0. The van der Waals surface area contributed by atoms with E-state index in [9.17, 15) is 20.2 Å². The van der Waals surface area contributed by atoms with Gasteiger partial charge < -0.3 is 0 Å². The summed E-state index contributed by atoms with van der Waals surface area (Å²) in [6.07, 6.45) is 1.94. The molecule has 0 aliphatic rings. The number of rotatable bonds is 3. The smallest absolute Gasteiger partial charge is 0.259 e. The van der Waals surface area contributed by atoms with Crippen molar-refractivity contribution in [1.29, 1.82) is 0 Å². The SMILES string of the molecule is O=[N+]([O-])C=Cc1cccc([N+](=O)[O-])c1. The Morgan fingerprint density at radius 2 is 1.93 bits per heavy atom. The molecule has 0 spiro atoms. The molecular weight excluding hydrogens is 188 g/mol. The average Bonchev–Trinajstić information content (AvgIpc) is 2.15. The predicted molar refractivity (Wildman–Crippen MR) is 49.1 cm³/mol. The number of hydrogen-bond donors (Lipinski definition) is 0. The van der Waals surface area contributed by atoms with Gasteiger partial charge in [0.15, 0.2) is 0 Å². The maximum absolute atomic E-state index is 10.3. The predicted octanol–water partition coefficient (Wildman–Crippen LogP) is 1.84. The Labute approximate surface area is 78.8 Å². The van der Waals surface area contributed by atoms with Gasteiger partial charge in [0.05, 0.1) is 9.85 Å². The van der Waals surface area contributed by atoms with Crippen molar-refractivity contribution in [1.82, 2.24) is 0 Å². The molecule has 1 aromatic rings. The van der Waals surface area contributed by atoms with Gasteiger partial charge in [-0.25, -0.2) is 0 Å². The summed E-state index contributed by atoms with van der Waals surface area (Å²) in [5.41, 5.74) is 0.339. The van der Waals surface area contributed by atoms with E-state index in [1.807, 2.05) is 0 Å². The molecule has 0 aliphatic heterocycles. The van der Waals surface area contributed by atoms with Crippen LogP contribution in [0.5, 0.6) is 0 Å². The van der Waals surface area contributed by atoms with Crippen molar-refractivity contribution in [2.45, 2.75) is 0 Å². The third-order valence-electron chi connectivity index (χ3n) is 1.47. The molecule has 72 valence electrons. The minimum Gasteiger partial charge on any atom is -0.259 e. The van der Waals surface area contributed by atoms with E-state index in [1.54, 1.807) is 6.07 Å². The van der Waals surface area contributed by atoms with E-state index in [0.717, 1.165) is 6.20 Å². The van der Waals surface area contributed by atoms with E-state index in [2.05, 4.69) is 0 Å². The zero-order chi connectivity index (χ0) is 10.6. The second-order valence-electron chi connectivity index (χ2n) is 2.45. The maximum atomic E-state index is 10.3. The van der Waals surface area contributed by atoms with Crippen LogP contribution in [0.25, 0.3) is 6.08 Å². The van der Waals surface area contributed by atoms with Crippen molar-refractivity contribution < 1.29 is 9.85 Å². The molecule has 0 unspecified atom stereocenters. The van der Waals surface area contributed by atoms with Crippen LogP contribution in [0.1, 0.15) is 5.56 Å². The number of nitro groups is 2. The van der Waals surface area contributed by atoms with Gasteiger partial charge in [-0.3, -0.25) is 20.2 Å². The third-order valence-corrected chi connectivity index (χ3v) is 1.47. The Morgan fingerprint density at radius 3 is 2.50 bits per heavy atom. The topological polar surface area (TPSA) is 86.3 Å². The molecule has 0 atom stereocenters. The van der Waals surface area contributed by atoms with Gasteiger partial charge in [-0.1, -0.05) is 12.1 Å². The Morgan fingerprint density at radius 1 is 1.21 bits per heavy atom. The number of nitro benzene ring substituents is 1. The van der Waals surface area contributed by atoms with Crippen molar-refractivity contribution in [3.05, 3.63) is 56.3 Å². The first kappa shape index (κ1) is 9.85. The van der Waals surface area contributed by atoms with Gasteiger partial charge in [0.25, 0.3) is 5.69 Å². The lowest BCUT2D eigenvalue weighted by atomic mass is 10.2. The van der Waals surface area contributed by atoms with Crippen molar-refractivity contribution in [2.75, 3.05) is 0 Å². The van der Waals surface area contributed by atoms with Gasteiger partial charge >= 0.3 is 0 Å². The normalized spacial score (nSPS) is 10.3. The molecule has 0 aromatic heterocycles. The molecule has 0 N–H and O–H groups in total. The summed E-state index contributed by atoms with van der Waals surface area (Å²) < 4.78 is 0. The fourth-order valence-electron chi connectivity index (χ4n) is 0.889. The first-order valence-electron chi connectivity index (χ1n) is 3.66. The molecular formula is C8H6N2O4. The zero-order valence-corrected chi connectivity index (χ0v) is 6.99. The standard InChI is InChI=1S/C8H6N2O4/c11-9(12)5-4-7-2-1-3-8(6-7)10(13)14/h1-6H. The van der Waals surface area contributed by atoms with E-state index >= 15 is 0 Å². The van der Waals surface area contributed by atoms with E-state index in [0.29, 0.717) is 5.56 Å². The van der Waals surface area contributed by atoms with Crippen LogP contribution in [0, 0.1) is 20.2 Å². The first-order chi connectivity index (χ1) is 6.59. The molecule has 0 heterocycles. The summed E-state index contributed by atoms with van der Waals surface area (Å²) >= 11 is 0. The second-order valence-corrected chi connectivity index (χ2v) is 2.45. The van der Waals surface area contributed by atoms with Gasteiger partial charge in [0.2, 0.25) is 6.20 Å². The minimum atomic E-state index is -0.626. The Balaban J connectivity index is 2.94. The van der Waals surface area contributed by atoms with E-state index in [1.165, 1.54) is 24.3 Å². The Bertz CT molecular complexity index is 400. The fourth-order valence-corrected chi connectivity index (χ4v) is 0.889. The molecule has 0 saturated heterocycles. The number of hydrogen-bond acceptors (Lipinski definition) is 4. The van der Waals surface area contributed by atoms with E-state index in [-0.39, 0.29) is 5.69 Å². The van der Waals surface area contributed by atoms with Crippen LogP contribution >= 0.6 is 0 Å². The lowest BCUT2D eigenvalue weighted by Crippen LogP contribution is -1.88. The van der Waals surface area contributed by atoms with Crippen LogP contribution in [0.4, 0.5) is 5.69 Å². The molecule has 0 aliphatic carbocycles. The molecule has 1 aromatic carbocycles. The van der Waals surface area contributed by atoms with Gasteiger partial charge in [-0.05, 0) is 5.56 Å². The highest BCUT2D eigenvalue weighted by molar-refractivity contribution is 5.52. The molecule has 0 amide bonds. The summed E-state index contributed by atoms with van der Waals surface area (Å²) in [5.74, 6) is 0. The highest BCUT2D eigenvalue weighted by Crippen LogP contribution is 2.13. The second kappa shape index (κ2) is 4.13. The maximum Gasteiger partial charge on any atom is 0.270 e. The molecule has 6 nitrogen and oxygen atoms in total. The number of nitrogens with zero attached hydrogens (tertiary/aromatic N) is 2. The molecule has 14 heavy (non-hydrogen) atoms. The minimum absolute atomic E-state index is 0.0875. The molecule has 6 heteroatoms. The number of non-ortho nitro benzene ring substituents is 1. The van der Waals surface area contributed by atoms with Crippen LogP contribution in [-0.4, -0.2) is 9.85 Å². The zero-order valence-electron chi connectivity index (χ0n) is 6.99. The van der Waals surface area contributed by atoms with Crippen LogP contribution in [0.2, 0.25) is 0 Å². The molecule has 0 radical (unpaired) electrons. The van der Waals surface area contributed by atoms with Gasteiger partial charge in [-0.2, -0.15) is 0 Å². The summed E-state index contributed by atoms with van der Waals surface area (Å²) in [5, 5.41) is 20.3. The molecule has 0 saturated carbocycles. The van der Waals surface area contributed by atoms with Crippen molar-refractivity contribution in [2.24, 2.45) is 0 Å². The van der Waals surface area contributed by atoms with Crippen molar-refractivity contribution in [3.8, 4) is 0 Å². The van der Waals surface area contributed by atoms with Gasteiger partial charge in [-0.15, -0.1) is 0 Å². The summed E-state index contributed by atoms with van der Waals surface area (Å²) in [7, 11) is 0. The van der Waals surface area contributed by atoms with Crippen molar-refractivity contribution >= 4 is 11.8 Å².